The summed E-state index contributed by atoms with van der Waals surface area (Å²) in [6.07, 6.45) is 4.81. The Hall–Kier alpha value is -3.33. The molecule has 2 bridgehead atoms. The zero-order valence-corrected chi connectivity index (χ0v) is 16.3. The third kappa shape index (κ3) is 1.97. The second kappa shape index (κ2) is 5.42. The van der Waals surface area contributed by atoms with E-state index in [0.717, 1.165) is 18.2 Å². The number of pyridine rings is 2. The number of rotatable bonds is 4. The fourth-order valence-corrected chi connectivity index (χ4v) is 5.43. The van der Waals surface area contributed by atoms with E-state index >= 15 is 0 Å². The van der Waals surface area contributed by atoms with Gasteiger partial charge in [-0.05, 0) is 30.2 Å². The van der Waals surface area contributed by atoms with Crippen molar-refractivity contribution in [1.82, 2.24) is 29.7 Å². The van der Waals surface area contributed by atoms with E-state index in [0.29, 0.717) is 39.8 Å². The van der Waals surface area contributed by atoms with E-state index in [1.807, 2.05) is 6.07 Å². The molecule has 4 aromatic rings. The molecule has 1 unspecified atom stereocenters. The molecule has 2 aliphatic heterocycles. The summed E-state index contributed by atoms with van der Waals surface area (Å²) in [6.45, 7) is 1.10. The molecule has 6 heterocycles. The van der Waals surface area contributed by atoms with Crippen LogP contribution in [0.2, 0.25) is 5.02 Å². The van der Waals surface area contributed by atoms with Crippen LogP contribution in [0.1, 0.15) is 11.7 Å². The number of nitrogens with zero attached hydrogens (tertiary/aromatic N) is 7. The monoisotopic (exact) mass is 419 g/mol. The van der Waals surface area contributed by atoms with Gasteiger partial charge in [0.15, 0.2) is 11.5 Å². The van der Waals surface area contributed by atoms with Crippen molar-refractivity contribution in [1.29, 1.82) is 0 Å². The van der Waals surface area contributed by atoms with Crippen molar-refractivity contribution in [3.63, 3.8) is 0 Å². The van der Waals surface area contributed by atoms with Crippen molar-refractivity contribution in [2.45, 2.75) is 18.0 Å². The van der Waals surface area contributed by atoms with Crippen LogP contribution in [-0.2, 0) is 12.0 Å². The first-order chi connectivity index (χ1) is 14.7. The molecular formula is C20H14ClN7O2. The van der Waals surface area contributed by atoms with Crippen molar-refractivity contribution in [2.75, 3.05) is 11.4 Å². The molecule has 4 atom stereocenters. The molecule has 2 saturated carbocycles. The van der Waals surface area contributed by atoms with Gasteiger partial charge in [0.25, 0.3) is 5.56 Å². The minimum atomic E-state index is -0.181. The van der Waals surface area contributed by atoms with Gasteiger partial charge in [-0.25, -0.2) is 15.0 Å². The van der Waals surface area contributed by atoms with Gasteiger partial charge in [-0.2, -0.15) is 4.98 Å². The van der Waals surface area contributed by atoms with Crippen LogP contribution in [0.25, 0.3) is 11.0 Å². The van der Waals surface area contributed by atoms with Gasteiger partial charge in [0.1, 0.15) is 18.7 Å². The largest absolute Gasteiger partial charge is 0.352 e. The topological polar surface area (TPSA) is 103 Å². The first kappa shape index (κ1) is 16.5. The minimum Gasteiger partial charge on any atom is -0.352 e. The lowest BCUT2D eigenvalue weighted by atomic mass is 10.1. The summed E-state index contributed by atoms with van der Waals surface area (Å²) < 4.78 is 6.96. The maximum atomic E-state index is 12.7. The number of aromatic nitrogens is 6. The lowest BCUT2D eigenvalue weighted by Gasteiger charge is -2.17. The second-order valence-corrected chi connectivity index (χ2v) is 8.50. The van der Waals surface area contributed by atoms with Crippen LogP contribution < -0.4 is 10.5 Å². The Bertz CT molecular complexity index is 1400. The molecule has 10 heteroatoms. The van der Waals surface area contributed by atoms with Crippen molar-refractivity contribution in [3.8, 4) is 0 Å². The summed E-state index contributed by atoms with van der Waals surface area (Å²) in [5, 5.41) is 5.40. The van der Waals surface area contributed by atoms with Gasteiger partial charge in [-0.3, -0.25) is 9.36 Å². The first-order valence-electron chi connectivity index (χ1n) is 9.69. The predicted octanol–water partition coefficient (Wildman–Crippen LogP) is 1.66. The van der Waals surface area contributed by atoms with E-state index in [4.69, 9.17) is 16.1 Å². The Morgan fingerprint density at radius 2 is 2.17 bits per heavy atom. The summed E-state index contributed by atoms with van der Waals surface area (Å²) in [5.41, 5.74) is 0.205. The van der Waals surface area contributed by atoms with E-state index in [1.54, 1.807) is 30.6 Å². The third-order valence-electron chi connectivity index (χ3n) is 6.70. The summed E-state index contributed by atoms with van der Waals surface area (Å²) in [5.74, 6) is 3.08. The van der Waals surface area contributed by atoms with Crippen LogP contribution in [0.4, 0.5) is 5.82 Å². The highest BCUT2D eigenvalue weighted by molar-refractivity contribution is 6.30. The summed E-state index contributed by atoms with van der Waals surface area (Å²) in [4.78, 5) is 32.4. The molecule has 2 saturated heterocycles. The molecule has 0 radical (unpaired) electrons. The summed E-state index contributed by atoms with van der Waals surface area (Å²) in [7, 11) is 0. The number of piperidine rings is 1. The lowest BCUT2D eigenvalue weighted by Crippen LogP contribution is -2.24. The number of halogens is 1. The van der Waals surface area contributed by atoms with Crippen molar-refractivity contribution < 1.29 is 4.52 Å². The van der Waals surface area contributed by atoms with Crippen LogP contribution in [0.3, 0.4) is 0 Å². The summed E-state index contributed by atoms with van der Waals surface area (Å²) >= 11 is 6.13. The van der Waals surface area contributed by atoms with Gasteiger partial charge >= 0.3 is 0 Å². The van der Waals surface area contributed by atoms with E-state index < -0.39 is 0 Å². The first-order valence-corrected chi connectivity index (χ1v) is 10.1. The van der Waals surface area contributed by atoms with Crippen LogP contribution in [0.5, 0.6) is 0 Å². The van der Waals surface area contributed by atoms with E-state index in [-0.39, 0.29) is 17.5 Å². The summed E-state index contributed by atoms with van der Waals surface area (Å²) in [6, 6.07) is 7.44. The molecule has 148 valence electrons. The second-order valence-electron chi connectivity index (χ2n) is 8.06. The molecule has 9 nitrogen and oxygen atoms in total. The van der Waals surface area contributed by atoms with E-state index in [1.165, 1.54) is 10.9 Å². The molecule has 0 aromatic carbocycles. The molecule has 4 aliphatic rings. The Balaban J connectivity index is 1.16. The van der Waals surface area contributed by atoms with Crippen LogP contribution in [0, 0.1) is 11.8 Å². The number of anilines is 1. The minimum absolute atomic E-state index is 0.0394. The fraction of sp³-hybridized carbons (Fsp3) is 0.300. The molecule has 2 aliphatic carbocycles. The van der Waals surface area contributed by atoms with Gasteiger partial charge in [-0.15, -0.1) is 0 Å². The Morgan fingerprint density at radius 1 is 1.23 bits per heavy atom. The molecule has 0 amide bonds. The number of hydrogen-bond acceptors (Lipinski definition) is 8. The van der Waals surface area contributed by atoms with Crippen molar-refractivity contribution in [2.24, 2.45) is 11.8 Å². The van der Waals surface area contributed by atoms with Gasteiger partial charge in [0.05, 0.1) is 10.8 Å². The Labute approximate surface area is 174 Å². The molecule has 4 aromatic heterocycles. The molecular weight excluding hydrogens is 406 g/mol. The average Bonchev–Trinajstić information content (AvgIpc) is 3.31. The predicted molar refractivity (Wildman–Crippen MR) is 106 cm³/mol. The SMILES string of the molecule is O=c1c2cccnc2ncn1Cc1nc([C@@]23C4[C@H]2[C@H]3CN4c2cc(Cl)ccn2)no1. The fourth-order valence-electron chi connectivity index (χ4n) is 5.28. The highest BCUT2D eigenvalue weighted by Gasteiger charge is 2.95. The third-order valence-corrected chi connectivity index (χ3v) is 6.93. The maximum Gasteiger partial charge on any atom is 0.263 e. The Morgan fingerprint density at radius 3 is 3.03 bits per heavy atom. The quantitative estimate of drug-likeness (QED) is 0.492. The Kier molecular flexibility index (Phi) is 2.98. The van der Waals surface area contributed by atoms with E-state index in [9.17, 15) is 4.79 Å². The van der Waals surface area contributed by atoms with Gasteiger partial charge in [0.2, 0.25) is 5.89 Å². The molecule has 4 fully saturated rings. The highest BCUT2D eigenvalue weighted by Crippen LogP contribution is 2.85. The van der Waals surface area contributed by atoms with Crippen LogP contribution in [0.15, 0.2) is 52.3 Å². The van der Waals surface area contributed by atoms with Crippen molar-refractivity contribution in [3.05, 3.63) is 70.1 Å². The normalized spacial score (nSPS) is 28.0. The van der Waals surface area contributed by atoms with Gasteiger partial charge in [-0.1, -0.05) is 16.8 Å². The smallest absolute Gasteiger partial charge is 0.263 e. The average molecular weight is 420 g/mol. The standard InChI is InChI=1S/C20H14ClN7O2/c21-10-3-5-22-13(6-10)28-7-12-15-16(28)20(12,15)19-25-14(30-26-19)8-27-9-24-17-11(18(27)29)2-1-4-23-17/h1-6,9,12,15-16H,7-8H2/t12-,15-,16?,20-/m1/s1. The highest BCUT2D eigenvalue weighted by atomic mass is 35.5. The van der Waals surface area contributed by atoms with Gasteiger partial charge < -0.3 is 9.42 Å². The zero-order valence-electron chi connectivity index (χ0n) is 15.5. The molecule has 0 spiro atoms. The lowest BCUT2D eigenvalue weighted by molar-refractivity contribution is 0.362. The number of hydrogen-bond donors (Lipinski definition) is 0. The zero-order chi connectivity index (χ0) is 20.0. The molecule has 8 rings (SSSR count). The van der Waals surface area contributed by atoms with Crippen molar-refractivity contribution >= 4 is 28.5 Å². The molecule has 30 heavy (non-hydrogen) atoms. The van der Waals surface area contributed by atoms with E-state index in [2.05, 4.69) is 30.0 Å². The van der Waals surface area contributed by atoms with Crippen LogP contribution >= 0.6 is 11.6 Å². The maximum absolute atomic E-state index is 12.7. The molecule has 0 N–H and O–H groups in total. The van der Waals surface area contributed by atoms with Crippen LogP contribution in [-0.4, -0.2) is 42.2 Å². The number of fused-ring (bicyclic) bond motifs is 2. The van der Waals surface area contributed by atoms with Gasteiger partial charge in [0, 0.05) is 35.9 Å².